The third kappa shape index (κ3) is 4.06. The average Bonchev–Trinajstić information content (AvgIpc) is 3.07. The number of carbonyl (C=O) groups is 1. The van der Waals surface area contributed by atoms with Crippen LogP contribution in [0.25, 0.3) is 0 Å². The van der Waals surface area contributed by atoms with Crippen LogP contribution in [-0.2, 0) is 27.7 Å². The molecule has 0 bridgehead atoms. The van der Waals surface area contributed by atoms with Gasteiger partial charge < -0.3 is 5.32 Å². The van der Waals surface area contributed by atoms with Gasteiger partial charge in [-0.2, -0.15) is 4.31 Å². The Balaban J connectivity index is 1.63. The topological polar surface area (TPSA) is 66.5 Å². The van der Waals surface area contributed by atoms with E-state index in [0.717, 1.165) is 19.3 Å². The molecule has 1 aromatic rings. The van der Waals surface area contributed by atoms with Crippen molar-refractivity contribution in [2.75, 3.05) is 19.6 Å². The van der Waals surface area contributed by atoms with E-state index in [4.69, 9.17) is 0 Å². The van der Waals surface area contributed by atoms with Crippen molar-refractivity contribution in [2.45, 2.75) is 50.8 Å². The summed E-state index contributed by atoms with van der Waals surface area (Å²) >= 11 is 0. The van der Waals surface area contributed by atoms with Crippen LogP contribution < -0.4 is 5.32 Å². The number of amides is 1. The van der Waals surface area contributed by atoms with E-state index < -0.39 is 10.0 Å². The highest BCUT2D eigenvalue weighted by molar-refractivity contribution is 7.89. The molecular formula is C19H28N2O3S. The minimum Gasteiger partial charge on any atom is -0.356 e. The maximum atomic E-state index is 12.9. The van der Waals surface area contributed by atoms with Crippen molar-refractivity contribution in [3.05, 3.63) is 29.3 Å². The average molecular weight is 365 g/mol. The van der Waals surface area contributed by atoms with Gasteiger partial charge in [0.15, 0.2) is 0 Å². The third-order valence-corrected chi connectivity index (χ3v) is 7.11. The van der Waals surface area contributed by atoms with Gasteiger partial charge in [-0.05, 0) is 61.3 Å². The molecule has 1 aliphatic carbocycles. The predicted molar refractivity (Wildman–Crippen MR) is 97.8 cm³/mol. The highest BCUT2D eigenvalue weighted by Crippen LogP contribution is 2.28. The summed E-state index contributed by atoms with van der Waals surface area (Å²) in [6, 6.07) is 5.54. The van der Waals surface area contributed by atoms with Crippen LogP contribution in [0, 0.1) is 11.8 Å². The van der Waals surface area contributed by atoms with Crippen molar-refractivity contribution in [1.82, 2.24) is 9.62 Å². The Kier molecular flexibility index (Phi) is 5.49. The fraction of sp³-hybridized carbons (Fsp3) is 0.632. The first kappa shape index (κ1) is 18.4. The highest BCUT2D eigenvalue weighted by Gasteiger charge is 2.32. The van der Waals surface area contributed by atoms with Gasteiger partial charge in [0.25, 0.3) is 0 Å². The quantitative estimate of drug-likeness (QED) is 0.872. The molecule has 6 heteroatoms. The number of benzene rings is 1. The summed E-state index contributed by atoms with van der Waals surface area (Å²) in [5, 5.41) is 2.96. The largest absolute Gasteiger partial charge is 0.356 e. The molecule has 0 atom stereocenters. The van der Waals surface area contributed by atoms with Gasteiger partial charge in [0.1, 0.15) is 0 Å². The molecule has 0 aromatic heterocycles. The van der Waals surface area contributed by atoms with E-state index in [9.17, 15) is 13.2 Å². The lowest BCUT2D eigenvalue weighted by atomic mass is 9.97. The molecule has 138 valence electrons. The van der Waals surface area contributed by atoms with Gasteiger partial charge in [-0.1, -0.05) is 19.9 Å². The molecule has 25 heavy (non-hydrogen) atoms. The molecular weight excluding hydrogens is 336 g/mol. The lowest BCUT2D eigenvalue weighted by Crippen LogP contribution is -2.43. The Bertz CT molecular complexity index is 735. The molecule has 3 rings (SSSR count). The molecule has 0 spiro atoms. The van der Waals surface area contributed by atoms with Crippen LogP contribution in [0.1, 0.15) is 44.2 Å². The first-order valence-electron chi connectivity index (χ1n) is 9.27. The summed E-state index contributed by atoms with van der Waals surface area (Å²) in [5.74, 6) is 0.401. The van der Waals surface area contributed by atoms with E-state index in [2.05, 4.69) is 19.2 Å². The Labute approximate surface area is 150 Å². The number of hydrogen-bond acceptors (Lipinski definition) is 3. The smallest absolute Gasteiger partial charge is 0.243 e. The highest BCUT2D eigenvalue weighted by atomic mass is 32.2. The molecule has 1 fully saturated rings. The van der Waals surface area contributed by atoms with Gasteiger partial charge in [-0.25, -0.2) is 8.42 Å². The van der Waals surface area contributed by atoms with Crippen molar-refractivity contribution in [2.24, 2.45) is 11.8 Å². The van der Waals surface area contributed by atoms with E-state index in [1.807, 2.05) is 12.1 Å². The Morgan fingerprint density at radius 1 is 1.20 bits per heavy atom. The van der Waals surface area contributed by atoms with Crippen LogP contribution in [0.15, 0.2) is 23.1 Å². The molecule has 2 aliphatic rings. The molecule has 1 heterocycles. The molecule has 1 N–H and O–H groups in total. The maximum absolute atomic E-state index is 12.9. The molecule has 5 nitrogen and oxygen atoms in total. The van der Waals surface area contributed by atoms with E-state index in [1.165, 1.54) is 15.4 Å². The first-order valence-corrected chi connectivity index (χ1v) is 10.7. The molecule has 0 unspecified atom stereocenters. The number of rotatable bonds is 5. The fourth-order valence-electron chi connectivity index (χ4n) is 3.67. The van der Waals surface area contributed by atoms with Gasteiger partial charge in [0.2, 0.25) is 15.9 Å². The number of aryl methyl sites for hydroxylation is 2. The Hall–Kier alpha value is -1.40. The lowest BCUT2D eigenvalue weighted by molar-refractivity contribution is -0.126. The summed E-state index contributed by atoms with van der Waals surface area (Å²) in [7, 11) is -3.46. The number of fused-ring (bicyclic) bond motifs is 1. The Morgan fingerprint density at radius 2 is 1.88 bits per heavy atom. The molecule has 0 radical (unpaired) electrons. The van der Waals surface area contributed by atoms with Crippen molar-refractivity contribution < 1.29 is 13.2 Å². The normalized spacial score (nSPS) is 19.2. The lowest BCUT2D eigenvalue weighted by Gasteiger charge is -2.30. The van der Waals surface area contributed by atoms with Crippen LogP contribution in [0.5, 0.6) is 0 Å². The van der Waals surface area contributed by atoms with Gasteiger partial charge in [-0.15, -0.1) is 0 Å². The molecule has 1 saturated heterocycles. The summed E-state index contributed by atoms with van der Waals surface area (Å²) in [4.78, 5) is 12.6. The zero-order valence-corrected chi connectivity index (χ0v) is 15.9. The van der Waals surface area contributed by atoms with Crippen LogP contribution in [0.2, 0.25) is 0 Å². The van der Waals surface area contributed by atoms with Crippen molar-refractivity contribution in [3.63, 3.8) is 0 Å². The minimum atomic E-state index is -3.46. The zero-order valence-electron chi connectivity index (χ0n) is 15.1. The summed E-state index contributed by atoms with van der Waals surface area (Å²) in [5.41, 5.74) is 2.45. The van der Waals surface area contributed by atoms with Crippen LogP contribution in [0.4, 0.5) is 0 Å². The van der Waals surface area contributed by atoms with Crippen LogP contribution in [0.3, 0.4) is 0 Å². The predicted octanol–water partition coefficient (Wildman–Crippen LogP) is 2.35. The number of sulfonamides is 1. The number of nitrogens with one attached hydrogen (secondary N) is 1. The zero-order chi connectivity index (χ0) is 18.0. The summed E-state index contributed by atoms with van der Waals surface area (Å²) in [6.45, 7) is 5.63. The van der Waals surface area contributed by atoms with Crippen molar-refractivity contribution in [3.8, 4) is 0 Å². The molecule has 0 saturated carbocycles. The minimum absolute atomic E-state index is 0.0586. The van der Waals surface area contributed by atoms with Crippen molar-refractivity contribution >= 4 is 15.9 Å². The standard InChI is InChI=1S/C19H28N2O3S/c1-14(2)13-20-19(22)16-8-10-21(11-9-16)25(23,24)18-7-6-15-4-3-5-17(15)12-18/h6-7,12,14,16H,3-5,8-11,13H2,1-2H3,(H,20,22). The first-order chi connectivity index (χ1) is 11.9. The number of hydrogen-bond donors (Lipinski definition) is 1. The monoisotopic (exact) mass is 364 g/mol. The maximum Gasteiger partial charge on any atom is 0.243 e. The van der Waals surface area contributed by atoms with E-state index in [0.29, 0.717) is 43.3 Å². The number of nitrogens with zero attached hydrogens (tertiary/aromatic N) is 1. The fourth-order valence-corrected chi connectivity index (χ4v) is 5.19. The van der Waals surface area contributed by atoms with Gasteiger partial charge >= 0.3 is 0 Å². The number of piperidine rings is 1. The van der Waals surface area contributed by atoms with Gasteiger partial charge in [0, 0.05) is 25.6 Å². The molecule has 1 aromatic carbocycles. The van der Waals surface area contributed by atoms with E-state index >= 15 is 0 Å². The molecule has 1 amide bonds. The third-order valence-electron chi connectivity index (χ3n) is 5.22. The second kappa shape index (κ2) is 7.46. The second-order valence-electron chi connectivity index (χ2n) is 7.60. The Morgan fingerprint density at radius 3 is 2.56 bits per heavy atom. The molecule has 1 aliphatic heterocycles. The number of carbonyl (C=O) groups excluding carboxylic acids is 1. The van der Waals surface area contributed by atoms with E-state index in [1.54, 1.807) is 6.07 Å². The van der Waals surface area contributed by atoms with Gasteiger partial charge in [-0.3, -0.25) is 4.79 Å². The SMILES string of the molecule is CC(C)CNC(=O)C1CCN(S(=O)(=O)c2ccc3c(c2)CCC3)CC1. The van der Waals surface area contributed by atoms with Gasteiger partial charge in [0.05, 0.1) is 4.90 Å². The van der Waals surface area contributed by atoms with Crippen molar-refractivity contribution in [1.29, 1.82) is 0 Å². The summed E-state index contributed by atoms with van der Waals surface area (Å²) < 4.78 is 27.3. The van der Waals surface area contributed by atoms with Crippen LogP contribution in [-0.4, -0.2) is 38.3 Å². The van der Waals surface area contributed by atoms with E-state index in [-0.39, 0.29) is 11.8 Å². The second-order valence-corrected chi connectivity index (χ2v) is 9.54. The van der Waals surface area contributed by atoms with Crippen LogP contribution >= 0.6 is 0 Å². The summed E-state index contributed by atoms with van der Waals surface area (Å²) in [6.07, 6.45) is 4.31.